The zero-order chi connectivity index (χ0) is 22.6. The largest absolute Gasteiger partial charge is 0.444 e. The lowest BCUT2D eigenvalue weighted by Gasteiger charge is -2.62. The first-order chi connectivity index (χ1) is 14.4. The number of Topliss-reactive ketones (excluding diaryl/α,β-unsaturated/α-hetero) is 1. The Labute approximate surface area is 185 Å². The number of amides is 1. The number of nitrogens with zero attached hydrogens (tertiary/aromatic N) is 2. The number of hydrogen-bond donors (Lipinski definition) is 2. The zero-order valence-electron chi connectivity index (χ0n) is 19.3. The van der Waals surface area contributed by atoms with Crippen molar-refractivity contribution in [2.24, 2.45) is 23.2 Å². The van der Waals surface area contributed by atoms with E-state index < -0.39 is 28.8 Å². The molecule has 5 rings (SSSR count). The van der Waals surface area contributed by atoms with E-state index in [4.69, 9.17) is 4.74 Å². The van der Waals surface area contributed by atoms with Crippen LogP contribution in [0, 0.1) is 34.5 Å². The summed E-state index contributed by atoms with van der Waals surface area (Å²) in [6.07, 6.45) is 5.17. The van der Waals surface area contributed by atoms with Gasteiger partial charge < -0.3 is 15.2 Å². The maximum Gasteiger partial charge on any atom is 0.408 e. The maximum absolute atomic E-state index is 13.7. The summed E-state index contributed by atoms with van der Waals surface area (Å²) < 4.78 is 5.51. The van der Waals surface area contributed by atoms with E-state index in [9.17, 15) is 20.0 Å². The van der Waals surface area contributed by atoms with Gasteiger partial charge in [0.2, 0.25) is 0 Å². The van der Waals surface area contributed by atoms with Crippen LogP contribution < -0.4 is 5.32 Å². The highest BCUT2D eigenvalue weighted by Gasteiger charge is 2.61. The second-order valence-electron chi connectivity index (χ2n) is 12.0. The van der Waals surface area contributed by atoms with Crippen LogP contribution in [-0.4, -0.2) is 58.3 Å². The van der Waals surface area contributed by atoms with Gasteiger partial charge in [0.15, 0.2) is 5.78 Å². The van der Waals surface area contributed by atoms with Gasteiger partial charge in [-0.05, 0) is 83.5 Å². The minimum absolute atomic E-state index is 0.0641. The minimum Gasteiger partial charge on any atom is -0.444 e. The quantitative estimate of drug-likeness (QED) is 0.694. The highest BCUT2D eigenvalue weighted by Crippen LogP contribution is 2.63. The fraction of sp³-hybridized carbons (Fsp3) is 0.875. The van der Waals surface area contributed by atoms with E-state index in [0.29, 0.717) is 30.7 Å². The first-order valence-corrected chi connectivity index (χ1v) is 11.8. The standard InChI is InChI=1S/C24H37N3O4/c1-15-5-18(11-25)27(12-15)13-19(28)20(26-21(29)31-22(2,3)4)23-7-16-6-17(8-23)10-24(30,9-16)14-23/h15-18,20,30H,5-10,12-14H2,1-4H3,(H,26,29)/t15-,16?,17?,18-,20+,23?,24?/m0/s1. The fourth-order valence-electron chi connectivity index (χ4n) is 7.36. The number of likely N-dealkylation sites (tertiary alicyclic amines) is 1. The highest BCUT2D eigenvalue weighted by molar-refractivity contribution is 5.90. The number of carbonyl (C=O) groups is 2. The molecule has 1 aliphatic heterocycles. The van der Waals surface area contributed by atoms with Crippen molar-refractivity contribution in [3.8, 4) is 6.07 Å². The van der Waals surface area contributed by atoms with Crippen LogP contribution in [0.3, 0.4) is 0 Å². The molecule has 7 nitrogen and oxygen atoms in total. The Kier molecular flexibility index (Phi) is 5.63. The first-order valence-electron chi connectivity index (χ1n) is 11.8. The monoisotopic (exact) mass is 431 g/mol. The number of nitrogens with one attached hydrogen (secondary N) is 1. The van der Waals surface area contributed by atoms with Crippen molar-refractivity contribution >= 4 is 11.9 Å². The van der Waals surface area contributed by atoms with Crippen molar-refractivity contribution in [1.29, 1.82) is 5.26 Å². The lowest BCUT2D eigenvalue weighted by atomic mass is 9.46. The number of nitriles is 1. The molecule has 0 spiro atoms. The van der Waals surface area contributed by atoms with E-state index in [0.717, 1.165) is 38.5 Å². The van der Waals surface area contributed by atoms with Gasteiger partial charge in [0, 0.05) is 12.0 Å². The smallest absolute Gasteiger partial charge is 0.408 e. The predicted octanol–water partition coefficient (Wildman–Crippen LogP) is 3.01. The fourth-order valence-corrected chi connectivity index (χ4v) is 7.36. The number of alkyl carbamates (subject to hydrolysis) is 1. The lowest BCUT2D eigenvalue weighted by Crippen LogP contribution is -2.65. The molecule has 172 valence electrons. The normalized spacial score (nSPS) is 40.4. The molecule has 1 amide bonds. The first kappa shape index (κ1) is 22.5. The Morgan fingerprint density at radius 1 is 1.23 bits per heavy atom. The summed E-state index contributed by atoms with van der Waals surface area (Å²) in [7, 11) is 0. The van der Waals surface area contributed by atoms with E-state index >= 15 is 0 Å². The molecule has 5 atom stereocenters. The molecule has 5 aliphatic rings. The number of carbonyl (C=O) groups excluding carboxylic acids is 2. The van der Waals surface area contributed by atoms with Crippen molar-refractivity contribution in [2.45, 2.75) is 95.9 Å². The van der Waals surface area contributed by atoms with Crippen molar-refractivity contribution in [1.82, 2.24) is 10.2 Å². The second kappa shape index (κ2) is 7.74. The Hall–Kier alpha value is -1.65. The zero-order valence-corrected chi connectivity index (χ0v) is 19.3. The van der Waals surface area contributed by atoms with Gasteiger partial charge in [-0.2, -0.15) is 5.26 Å². The molecule has 2 N–H and O–H groups in total. The number of ether oxygens (including phenoxy) is 1. The number of aliphatic hydroxyl groups is 1. The summed E-state index contributed by atoms with van der Waals surface area (Å²) in [5, 5.41) is 23.7. The van der Waals surface area contributed by atoms with E-state index in [1.807, 2.05) is 4.90 Å². The Morgan fingerprint density at radius 2 is 1.87 bits per heavy atom. The molecular weight excluding hydrogens is 394 g/mol. The van der Waals surface area contributed by atoms with Crippen LogP contribution in [-0.2, 0) is 9.53 Å². The Balaban J connectivity index is 1.58. The molecule has 2 unspecified atom stereocenters. The molecule has 4 aliphatic carbocycles. The van der Waals surface area contributed by atoms with E-state index in [1.54, 1.807) is 20.8 Å². The third-order valence-electron chi connectivity index (χ3n) is 7.79. The molecule has 1 heterocycles. The molecule has 0 aromatic rings. The number of ketones is 1. The summed E-state index contributed by atoms with van der Waals surface area (Å²) in [6.45, 7) is 8.38. The van der Waals surface area contributed by atoms with Crippen LogP contribution in [0.5, 0.6) is 0 Å². The van der Waals surface area contributed by atoms with Crippen LogP contribution >= 0.6 is 0 Å². The molecule has 4 saturated carbocycles. The molecular formula is C24H37N3O4. The van der Waals surface area contributed by atoms with Gasteiger partial charge in [0.05, 0.1) is 30.3 Å². The van der Waals surface area contributed by atoms with Gasteiger partial charge in [-0.25, -0.2) is 4.79 Å². The summed E-state index contributed by atoms with van der Waals surface area (Å²) in [5.74, 6) is 1.11. The average Bonchev–Trinajstić information content (AvgIpc) is 2.95. The van der Waals surface area contributed by atoms with Crippen LogP contribution in [0.25, 0.3) is 0 Å². The van der Waals surface area contributed by atoms with Gasteiger partial charge in [-0.15, -0.1) is 0 Å². The molecule has 5 fully saturated rings. The third kappa shape index (κ3) is 4.61. The second-order valence-corrected chi connectivity index (χ2v) is 12.0. The van der Waals surface area contributed by atoms with Gasteiger partial charge in [-0.3, -0.25) is 9.69 Å². The molecule has 31 heavy (non-hydrogen) atoms. The van der Waals surface area contributed by atoms with Crippen molar-refractivity contribution in [2.75, 3.05) is 13.1 Å². The highest BCUT2D eigenvalue weighted by atomic mass is 16.6. The van der Waals surface area contributed by atoms with Crippen molar-refractivity contribution in [3.63, 3.8) is 0 Å². The number of hydrogen-bond acceptors (Lipinski definition) is 6. The molecule has 0 aromatic heterocycles. The summed E-state index contributed by atoms with van der Waals surface area (Å²) in [4.78, 5) is 28.4. The molecule has 0 radical (unpaired) electrons. The van der Waals surface area contributed by atoms with E-state index in [-0.39, 0.29) is 18.4 Å². The van der Waals surface area contributed by atoms with Crippen LogP contribution in [0.4, 0.5) is 4.79 Å². The molecule has 7 heteroatoms. The summed E-state index contributed by atoms with van der Waals surface area (Å²) in [5.41, 5.74) is -1.82. The lowest BCUT2D eigenvalue weighted by molar-refractivity contribution is -0.176. The molecule has 1 saturated heterocycles. The van der Waals surface area contributed by atoms with Gasteiger partial charge in [-0.1, -0.05) is 6.92 Å². The third-order valence-corrected chi connectivity index (χ3v) is 7.79. The Bertz CT molecular complexity index is 769. The van der Waals surface area contributed by atoms with Gasteiger partial charge in [0.1, 0.15) is 5.60 Å². The Morgan fingerprint density at radius 3 is 2.42 bits per heavy atom. The molecule has 4 bridgehead atoms. The maximum atomic E-state index is 13.7. The minimum atomic E-state index is -0.727. The topological polar surface area (TPSA) is 103 Å². The van der Waals surface area contributed by atoms with Crippen LogP contribution in [0.2, 0.25) is 0 Å². The van der Waals surface area contributed by atoms with E-state index in [2.05, 4.69) is 18.3 Å². The average molecular weight is 432 g/mol. The van der Waals surface area contributed by atoms with Gasteiger partial charge >= 0.3 is 6.09 Å². The van der Waals surface area contributed by atoms with Crippen molar-refractivity contribution in [3.05, 3.63) is 0 Å². The van der Waals surface area contributed by atoms with E-state index in [1.165, 1.54) is 0 Å². The van der Waals surface area contributed by atoms with Gasteiger partial charge in [0.25, 0.3) is 0 Å². The van der Waals surface area contributed by atoms with Crippen LogP contribution in [0.15, 0.2) is 0 Å². The number of rotatable bonds is 5. The summed E-state index contributed by atoms with van der Waals surface area (Å²) in [6, 6.07) is 1.36. The SMILES string of the molecule is C[C@H]1C[C@@H](C#N)N(CC(=O)[C@@H](NC(=O)OC(C)(C)C)C23CC4CC(CC(O)(C4)C2)C3)C1. The molecule has 0 aromatic carbocycles. The van der Waals surface area contributed by atoms with Crippen molar-refractivity contribution < 1.29 is 19.4 Å². The summed E-state index contributed by atoms with van der Waals surface area (Å²) >= 11 is 0. The van der Waals surface area contributed by atoms with Crippen LogP contribution in [0.1, 0.15) is 72.6 Å². The predicted molar refractivity (Wildman–Crippen MR) is 115 cm³/mol.